The van der Waals surface area contributed by atoms with E-state index in [9.17, 15) is 4.79 Å². The van der Waals surface area contributed by atoms with Gasteiger partial charge in [0.1, 0.15) is 0 Å². The van der Waals surface area contributed by atoms with Crippen molar-refractivity contribution in [3.05, 3.63) is 23.0 Å². The SMILES string of the molecule is CNC(=O)[C@]12CCOC[C@H]1CN(c1ccnc(C)c1Cl)C2. The van der Waals surface area contributed by atoms with Gasteiger partial charge in [0.05, 0.1) is 28.4 Å². The number of carbonyl (C=O) groups is 1. The molecule has 0 saturated carbocycles. The Hall–Kier alpha value is -1.33. The maximum Gasteiger partial charge on any atom is 0.228 e. The van der Waals surface area contributed by atoms with Crippen molar-refractivity contribution in [1.82, 2.24) is 10.3 Å². The van der Waals surface area contributed by atoms with Gasteiger partial charge in [-0.2, -0.15) is 0 Å². The number of anilines is 1. The Morgan fingerprint density at radius 2 is 2.43 bits per heavy atom. The predicted octanol–water partition coefficient (Wildman–Crippen LogP) is 1.63. The Labute approximate surface area is 129 Å². The van der Waals surface area contributed by atoms with Crippen LogP contribution in [0.25, 0.3) is 0 Å². The molecule has 0 spiro atoms. The maximum atomic E-state index is 12.5. The zero-order chi connectivity index (χ0) is 15.0. The number of amides is 1. The average molecular weight is 310 g/mol. The highest BCUT2D eigenvalue weighted by molar-refractivity contribution is 6.33. The Bertz CT molecular complexity index is 566. The number of halogens is 1. The van der Waals surface area contributed by atoms with E-state index in [1.807, 2.05) is 13.0 Å². The summed E-state index contributed by atoms with van der Waals surface area (Å²) < 4.78 is 5.59. The molecule has 0 bridgehead atoms. The number of rotatable bonds is 2. The zero-order valence-corrected chi connectivity index (χ0v) is 13.1. The van der Waals surface area contributed by atoms with Crippen LogP contribution in [0, 0.1) is 18.3 Å². The average Bonchev–Trinajstić information content (AvgIpc) is 2.89. The molecule has 1 amide bonds. The standard InChI is InChI=1S/C15H20ClN3O2/c1-10-13(16)12(3-5-18-10)19-7-11-8-21-6-4-15(11,9-19)14(20)17-2/h3,5,11H,4,6-9H2,1-2H3,(H,17,20)/t11-,15+/m1/s1. The first kappa shape index (κ1) is 14.6. The quantitative estimate of drug-likeness (QED) is 0.902. The minimum Gasteiger partial charge on any atom is -0.381 e. The van der Waals surface area contributed by atoms with E-state index in [1.165, 1.54) is 0 Å². The molecule has 0 aromatic carbocycles. The van der Waals surface area contributed by atoms with E-state index in [0.717, 1.165) is 24.3 Å². The number of aromatic nitrogens is 1. The molecule has 2 atom stereocenters. The van der Waals surface area contributed by atoms with Gasteiger partial charge < -0.3 is 15.0 Å². The summed E-state index contributed by atoms with van der Waals surface area (Å²) in [4.78, 5) is 18.9. The summed E-state index contributed by atoms with van der Waals surface area (Å²) >= 11 is 6.39. The number of hydrogen-bond acceptors (Lipinski definition) is 4. The third kappa shape index (κ3) is 2.28. The highest BCUT2D eigenvalue weighted by Crippen LogP contribution is 2.45. The van der Waals surface area contributed by atoms with Crippen molar-refractivity contribution in [2.75, 3.05) is 38.3 Å². The molecular weight excluding hydrogens is 290 g/mol. The van der Waals surface area contributed by atoms with E-state index in [2.05, 4.69) is 15.2 Å². The molecule has 3 rings (SSSR count). The van der Waals surface area contributed by atoms with Gasteiger partial charge in [-0.1, -0.05) is 11.6 Å². The minimum atomic E-state index is -0.368. The van der Waals surface area contributed by atoms with E-state index < -0.39 is 0 Å². The van der Waals surface area contributed by atoms with E-state index in [4.69, 9.17) is 16.3 Å². The van der Waals surface area contributed by atoms with Crippen molar-refractivity contribution in [2.24, 2.45) is 11.3 Å². The molecule has 1 N–H and O–H groups in total. The highest BCUT2D eigenvalue weighted by atomic mass is 35.5. The first-order chi connectivity index (χ1) is 10.1. The molecule has 6 heteroatoms. The van der Waals surface area contributed by atoms with Crippen molar-refractivity contribution >= 4 is 23.2 Å². The van der Waals surface area contributed by atoms with Gasteiger partial charge in [-0.3, -0.25) is 9.78 Å². The molecule has 0 aliphatic carbocycles. The van der Waals surface area contributed by atoms with Crippen LogP contribution in [-0.2, 0) is 9.53 Å². The summed E-state index contributed by atoms with van der Waals surface area (Å²) in [5, 5.41) is 3.50. The van der Waals surface area contributed by atoms with Gasteiger partial charge in [0, 0.05) is 38.9 Å². The normalized spacial score (nSPS) is 28.3. The molecular formula is C15H20ClN3O2. The molecule has 21 heavy (non-hydrogen) atoms. The van der Waals surface area contributed by atoms with E-state index in [1.54, 1.807) is 13.2 Å². The molecule has 2 aliphatic rings. The molecule has 5 nitrogen and oxygen atoms in total. The third-order valence-electron chi connectivity index (χ3n) is 4.77. The van der Waals surface area contributed by atoms with Gasteiger partial charge in [-0.15, -0.1) is 0 Å². The van der Waals surface area contributed by atoms with Crippen LogP contribution in [0.4, 0.5) is 5.69 Å². The molecule has 2 fully saturated rings. The molecule has 0 radical (unpaired) electrons. The van der Waals surface area contributed by atoms with Crippen molar-refractivity contribution in [1.29, 1.82) is 0 Å². The highest BCUT2D eigenvalue weighted by Gasteiger charge is 2.53. The number of carbonyl (C=O) groups excluding carboxylic acids is 1. The van der Waals surface area contributed by atoms with Gasteiger partial charge in [-0.25, -0.2) is 0 Å². The van der Waals surface area contributed by atoms with Crippen molar-refractivity contribution < 1.29 is 9.53 Å². The van der Waals surface area contributed by atoms with Gasteiger partial charge >= 0.3 is 0 Å². The fraction of sp³-hybridized carbons (Fsp3) is 0.600. The van der Waals surface area contributed by atoms with Crippen LogP contribution in [0.2, 0.25) is 5.02 Å². The Morgan fingerprint density at radius 1 is 1.62 bits per heavy atom. The Kier molecular flexibility index (Phi) is 3.80. The van der Waals surface area contributed by atoms with Crippen LogP contribution < -0.4 is 10.2 Å². The first-order valence-corrected chi connectivity index (χ1v) is 7.62. The minimum absolute atomic E-state index is 0.111. The monoisotopic (exact) mass is 309 g/mol. The second kappa shape index (κ2) is 5.46. The molecule has 114 valence electrons. The lowest BCUT2D eigenvalue weighted by Gasteiger charge is -2.36. The van der Waals surface area contributed by atoms with Crippen LogP contribution >= 0.6 is 11.6 Å². The molecule has 3 heterocycles. The summed E-state index contributed by atoms with van der Waals surface area (Å²) in [6, 6.07) is 1.92. The zero-order valence-electron chi connectivity index (χ0n) is 12.4. The number of hydrogen-bond donors (Lipinski definition) is 1. The molecule has 2 aliphatic heterocycles. The number of ether oxygens (including phenoxy) is 1. The smallest absolute Gasteiger partial charge is 0.228 e. The second-order valence-corrected chi connectivity index (χ2v) is 6.25. The van der Waals surface area contributed by atoms with E-state index in [0.29, 0.717) is 24.8 Å². The summed E-state index contributed by atoms with van der Waals surface area (Å²) in [5.41, 5.74) is 1.41. The molecule has 0 unspecified atom stereocenters. The topological polar surface area (TPSA) is 54.5 Å². The number of fused-ring (bicyclic) bond motifs is 1. The summed E-state index contributed by atoms with van der Waals surface area (Å²) in [7, 11) is 1.70. The lowest BCUT2D eigenvalue weighted by molar-refractivity contribution is -0.138. The van der Waals surface area contributed by atoms with Crippen molar-refractivity contribution in [2.45, 2.75) is 13.3 Å². The summed E-state index contributed by atoms with van der Waals surface area (Å²) in [5.74, 6) is 0.316. The number of pyridine rings is 1. The second-order valence-electron chi connectivity index (χ2n) is 5.87. The largest absolute Gasteiger partial charge is 0.381 e. The molecule has 1 aromatic rings. The maximum absolute atomic E-state index is 12.5. The Balaban J connectivity index is 1.94. The summed E-state index contributed by atoms with van der Waals surface area (Å²) in [6.45, 7) is 4.64. The third-order valence-corrected chi connectivity index (χ3v) is 5.24. The van der Waals surface area contributed by atoms with Crippen LogP contribution in [0.5, 0.6) is 0 Å². The number of aryl methyl sites for hydroxylation is 1. The Morgan fingerprint density at radius 3 is 3.19 bits per heavy atom. The van der Waals surface area contributed by atoms with Gasteiger partial charge in [0.2, 0.25) is 5.91 Å². The fourth-order valence-corrected chi connectivity index (χ4v) is 3.76. The molecule has 1 aromatic heterocycles. The van der Waals surface area contributed by atoms with Gasteiger partial charge in [-0.05, 0) is 19.4 Å². The first-order valence-electron chi connectivity index (χ1n) is 7.24. The van der Waals surface area contributed by atoms with Crippen LogP contribution in [0.1, 0.15) is 12.1 Å². The van der Waals surface area contributed by atoms with Crippen LogP contribution in [0.15, 0.2) is 12.3 Å². The van der Waals surface area contributed by atoms with Crippen LogP contribution in [-0.4, -0.2) is 44.2 Å². The summed E-state index contributed by atoms with van der Waals surface area (Å²) in [6.07, 6.45) is 2.52. The van der Waals surface area contributed by atoms with Crippen LogP contribution in [0.3, 0.4) is 0 Å². The lowest BCUT2D eigenvalue weighted by Crippen LogP contribution is -2.49. The van der Waals surface area contributed by atoms with Gasteiger partial charge in [0.15, 0.2) is 0 Å². The van der Waals surface area contributed by atoms with Crippen molar-refractivity contribution in [3.63, 3.8) is 0 Å². The number of nitrogens with zero attached hydrogens (tertiary/aromatic N) is 2. The van der Waals surface area contributed by atoms with Crippen molar-refractivity contribution in [3.8, 4) is 0 Å². The lowest BCUT2D eigenvalue weighted by atomic mass is 9.73. The van der Waals surface area contributed by atoms with Gasteiger partial charge in [0.25, 0.3) is 0 Å². The molecule has 2 saturated heterocycles. The van der Waals surface area contributed by atoms with E-state index in [-0.39, 0.29) is 17.2 Å². The predicted molar refractivity (Wildman–Crippen MR) is 81.6 cm³/mol. The fourth-order valence-electron chi connectivity index (χ4n) is 3.53. The number of nitrogens with one attached hydrogen (secondary N) is 1. The van der Waals surface area contributed by atoms with E-state index >= 15 is 0 Å².